The molecule has 0 radical (unpaired) electrons. The van der Waals surface area contributed by atoms with E-state index in [0.717, 1.165) is 16.2 Å². The lowest BCUT2D eigenvalue weighted by molar-refractivity contribution is -0.116. The Bertz CT molecular complexity index is 1260. The van der Waals surface area contributed by atoms with Crippen LogP contribution < -0.4 is 5.32 Å². The molecule has 0 saturated carbocycles. The van der Waals surface area contributed by atoms with Crippen LogP contribution in [0.5, 0.6) is 0 Å². The molecule has 5 rings (SSSR count). The smallest absolute Gasteiger partial charge is 0.261 e. The monoisotopic (exact) mass is 417 g/mol. The highest BCUT2D eigenvalue weighted by atomic mass is 32.1. The van der Waals surface area contributed by atoms with Gasteiger partial charge >= 0.3 is 0 Å². The van der Waals surface area contributed by atoms with Crippen LogP contribution in [0.15, 0.2) is 60.0 Å². The summed E-state index contributed by atoms with van der Waals surface area (Å²) in [6.07, 6.45) is -0.0378. The Labute approximate surface area is 174 Å². The highest BCUT2D eigenvalue weighted by Gasteiger charge is 2.35. The second-order valence-corrected chi connectivity index (χ2v) is 7.56. The van der Waals surface area contributed by atoms with Crippen LogP contribution in [0.1, 0.15) is 27.1 Å². The first-order valence-corrected chi connectivity index (χ1v) is 10.1. The van der Waals surface area contributed by atoms with E-state index in [1.807, 2.05) is 35.7 Å². The molecule has 3 heterocycles. The second-order valence-electron chi connectivity index (χ2n) is 6.72. The topological polar surface area (TPSA) is 96.7 Å². The summed E-state index contributed by atoms with van der Waals surface area (Å²) >= 11 is 1.42. The van der Waals surface area contributed by atoms with Crippen LogP contribution in [0.25, 0.3) is 16.2 Å². The predicted molar refractivity (Wildman–Crippen MR) is 111 cm³/mol. The van der Waals surface area contributed by atoms with Gasteiger partial charge in [-0.05, 0) is 12.1 Å². The van der Waals surface area contributed by atoms with Gasteiger partial charge in [-0.3, -0.25) is 24.6 Å². The zero-order valence-corrected chi connectivity index (χ0v) is 16.4. The van der Waals surface area contributed by atoms with Crippen molar-refractivity contribution in [3.63, 3.8) is 0 Å². The molecular formula is C21H15N5O3S. The minimum Gasteiger partial charge on any atom is -0.293 e. The fraction of sp³-hybridized carbons (Fsp3) is 0.0952. The van der Waals surface area contributed by atoms with Crippen molar-refractivity contribution in [3.8, 4) is 11.3 Å². The number of imide groups is 1. The van der Waals surface area contributed by atoms with E-state index in [9.17, 15) is 14.4 Å². The fourth-order valence-corrected chi connectivity index (χ4v) is 4.22. The number of thiazole rings is 1. The normalized spacial score (nSPS) is 13.1. The van der Waals surface area contributed by atoms with Gasteiger partial charge in [-0.2, -0.15) is 4.98 Å². The largest absolute Gasteiger partial charge is 0.293 e. The van der Waals surface area contributed by atoms with Crippen molar-refractivity contribution in [2.45, 2.75) is 6.42 Å². The third-order valence-corrected chi connectivity index (χ3v) is 5.66. The van der Waals surface area contributed by atoms with Crippen LogP contribution in [-0.4, -0.2) is 43.8 Å². The minimum absolute atomic E-state index is 0.00430. The molecule has 148 valence electrons. The molecule has 0 unspecified atom stereocenters. The van der Waals surface area contributed by atoms with E-state index in [-0.39, 0.29) is 36.6 Å². The Morgan fingerprint density at radius 2 is 1.63 bits per heavy atom. The van der Waals surface area contributed by atoms with Gasteiger partial charge in [0.2, 0.25) is 16.8 Å². The highest BCUT2D eigenvalue weighted by molar-refractivity contribution is 7.15. The lowest BCUT2D eigenvalue weighted by Crippen LogP contribution is -2.33. The number of hydrogen-bond donors (Lipinski definition) is 1. The van der Waals surface area contributed by atoms with Gasteiger partial charge in [0.25, 0.3) is 11.8 Å². The number of rotatable bonds is 5. The number of benzene rings is 2. The quantitative estimate of drug-likeness (QED) is 0.504. The average molecular weight is 417 g/mol. The van der Waals surface area contributed by atoms with Crippen LogP contribution in [0.2, 0.25) is 0 Å². The molecule has 8 nitrogen and oxygen atoms in total. The van der Waals surface area contributed by atoms with Gasteiger partial charge in [-0.25, -0.2) is 4.52 Å². The van der Waals surface area contributed by atoms with Gasteiger partial charge in [0, 0.05) is 23.9 Å². The molecule has 0 bridgehead atoms. The Balaban J connectivity index is 1.27. The van der Waals surface area contributed by atoms with E-state index in [1.165, 1.54) is 11.3 Å². The summed E-state index contributed by atoms with van der Waals surface area (Å²) in [5.74, 6) is -0.939. The van der Waals surface area contributed by atoms with E-state index < -0.39 is 0 Å². The summed E-state index contributed by atoms with van der Waals surface area (Å²) in [7, 11) is 0. The van der Waals surface area contributed by atoms with E-state index >= 15 is 0 Å². The molecule has 1 aliphatic heterocycles. The molecule has 9 heteroatoms. The lowest BCUT2D eigenvalue weighted by Gasteiger charge is -2.12. The predicted octanol–water partition coefficient (Wildman–Crippen LogP) is 3.08. The van der Waals surface area contributed by atoms with Gasteiger partial charge in [0.15, 0.2) is 0 Å². The van der Waals surface area contributed by atoms with Crippen molar-refractivity contribution in [2.24, 2.45) is 0 Å². The Morgan fingerprint density at radius 3 is 2.33 bits per heavy atom. The summed E-state index contributed by atoms with van der Waals surface area (Å²) in [5.41, 5.74) is 2.62. The molecule has 0 aliphatic carbocycles. The molecular weight excluding hydrogens is 402 g/mol. The van der Waals surface area contributed by atoms with Crippen molar-refractivity contribution in [1.82, 2.24) is 19.5 Å². The summed E-state index contributed by atoms with van der Waals surface area (Å²) in [6, 6.07) is 16.4. The molecule has 0 fully saturated rings. The van der Waals surface area contributed by atoms with Crippen LogP contribution >= 0.6 is 11.3 Å². The summed E-state index contributed by atoms with van der Waals surface area (Å²) in [5, 5.41) is 8.97. The highest BCUT2D eigenvalue weighted by Crippen LogP contribution is 2.26. The maximum Gasteiger partial charge on any atom is 0.261 e. The lowest BCUT2D eigenvalue weighted by atomic mass is 10.1. The number of hydrogen-bond acceptors (Lipinski definition) is 6. The molecule has 1 aliphatic rings. The van der Waals surface area contributed by atoms with Crippen LogP contribution in [0, 0.1) is 0 Å². The first-order chi connectivity index (χ1) is 14.6. The molecule has 0 saturated heterocycles. The number of carbonyl (C=O) groups is 3. The summed E-state index contributed by atoms with van der Waals surface area (Å²) in [4.78, 5) is 43.2. The van der Waals surface area contributed by atoms with Gasteiger partial charge in [0.1, 0.15) is 0 Å². The van der Waals surface area contributed by atoms with Crippen molar-refractivity contribution < 1.29 is 14.4 Å². The van der Waals surface area contributed by atoms with Gasteiger partial charge in [0.05, 0.1) is 16.8 Å². The van der Waals surface area contributed by atoms with Crippen LogP contribution in [-0.2, 0) is 4.79 Å². The molecule has 4 aromatic rings. The van der Waals surface area contributed by atoms with Gasteiger partial charge in [-0.15, -0.1) is 16.4 Å². The van der Waals surface area contributed by atoms with Crippen molar-refractivity contribution in [3.05, 3.63) is 71.1 Å². The number of nitrogens with zero attached hydrogens (tertiary/aromatic N) is 4. The molecule has 1 N–H and O–H groups in total. The average Bonchev–Trinajstić information content (AvgIpc) is 3.40. The first-order valence-electron chi connectivity index (χ1n) is 9.26. The Morgan fingerprint density at radius 1 is 0.967 bits per heavy atom. The third kappa shape index (κ3) is 3.05. The van der Waals surface area contributed by atoms with Crippen LogP contribution in [0.4, 0.5) is 5.95 Å². The second kappa shape index (κ2) is 7.20. The SMILES string of the molecule is O=C(CCN1C(=O)c2ccccc2C1=O)Nc1nc2scc(-c3ccccc3)n2n1. The summed E-state index contributed by atoms with van der Waals surface area (Å²) < 4.78 is 1.68. The van der Waals surface area contributed by atoms with Crippen molar-refractivity contribution in [2.75, 3.05) is 11.9 Å². The molecule has 2 aromatic carbocycles. The van der Waals surface area contributed by atoms with E-state index in [4.69, 9.17) is 0 Å². The van der Waals surface area contributed by atoms with Gasteiger partial charge < -0.3 is 0 Å². The number of carbonyl (C=O) groups excluding carboxylic acids is 3. The molecule has 3 amide bonds. The number of nitrogens with one attached hydrogen (secondary N) is 1. The van der Waals surface area contributed by atoms with Gasteiger partial charge in [-0.1, -0.05) is 42.5 Å². The van der Waals surface area contributed by atoms with Crippen LogP contribution in [0.3, 0.4) is 0 Å². The van der Waals surface area contributed by atoms with Crippen molar-refractivity contribution >= 4 is 40.0 Å². The third-order valence-electron chi connectivity index (χ3n) is 4.84. The van der Waals surface area contributed by atoms with E-state index in [0.29, 0.717) is 16.1 Å². The fourth-order valence-electron chi connectivity index (χ4n) is 3.38. The molecule has 0 atom stereocenters. The number of fused-ring (bicyclic) bond motifs is 2. The number of anilines is 1. The van der Waals surface area contributed by atoms with E-state index in [1.54, 1.807) is 28.8 Å². The maximum absolute atomic E-state index is 12.4. The van der Waals surface area contributed by atoms with Crippen molar-refractivity contribution in [1.29, 1.82) is 0 Å². The first kappa shape index (κ1) is 18.2. The van der Waals surface area contributed by atoms with E-state index in [2.05, 4.69) is 15.4 Å². The summed E-state index contributed by atoms with van der Waals surface area (Å²) in [6.45, 7) is -0.00430. The molecule has 0 spiro atoms. The maximum atomic E-state index is 12.4. The minimum atomic E-state index is -0.378. The molecule has 30 heavy (non-hydrogen) atoms. The zero-order valence-electron chi connectivity index (χ0n) is 15.6. The Kier molecular flexibility index (Phi) is 4.36. The standard InChI is InChI=1S/C21H15N5O3S/c27-17(10-11-25-18(28)14-8-4-5-9-15(14)19(25)29)22-20-23-21-26(24-20)16(12-30-21)13-6-2-1-3-7-13/h1-9,12H,10-11H2,(H,22,24,27). The number of aromatic nitrogens is 3. The zero-order chi connectivity index (χ0) is 20.7. The Hall–Kier alpha value is -3.85. The molecule has 2 aromatic heterocycles. The number of amides is 3.